The van der Waals surface area contributed by atoms with Gasteiger partial charge < -0.3 is 10.2 Å². The molecule has 3 fully saturated rings. The molecule has 9 atom stereocenters. The van der Waals surface area contributed by atoms with E-state index in [1.54, 1.807) is 5.57 Å². The number of fused-ring (bicyclic) bond motifs is 5. The van der Waals surface area contributed by atoms with Crippen LogP contribution in [0.3, 0.4) is 0 Å². The van der Waals surface area contributed by atoms with Crippen molar-refractivity contribution in [1.29, 1.82) is 0 Å². The fraction of sp³-hybridized carbons (Fsp3) is 0.867. The van der Waals surface area contributed by atoms with E-state index in [1.807, 2.05) is 6.92 Å². The number of hydrogen-bond acceptors (Lipinski definition) is 2. The van der Waals surface area contributed by atoms with Gasteiger partial charge in [0, 0.05) is 0 Å². The summed E-state index contributed by atoms with van der Waals surface area (Å²) in [6.45, 7) is 20.8. The Bertz CT molecular complexity index is 780. The second kappa shape index (κ2) is 7.98. The highest BCUT2D eigenvalue weighted by Crippen LogP contribution is 2.73. The average molecular weight is 443 g/mol. The third-order valence-electron chi connectivity index (χ3n) is 12.0. The maximum Gasteiger partial charge on any atom is 0.0744 e. The summed E-state index contributed by atoms with van der Waals surface area (Å²) < 4.78 is 0. The molecule has 2 nitrogen and oxygen atoms in total. The van der Waals surface area contributed by atoms with Crippen molar-refractivity contribution in [2.75, 3.05) is 0 Å². The minimum absolute atomic E-state index is 0.0112. The number of allylic oxidation sites excluding steroid dienone is 2. The van der Waals surface area contributed by atoms with Gasteiger partial charge in [-0.05, 0) is 110 Å². The van der Waals surface area contributed by atoms with E-state index in [-0.39, 0.29) is 23.0 Å². The molecule has 0 unspecified atom stereocenters. The molecule has 0 saturated heterocycles. The van der Waals surface area contributed by atoms with Crippen LogP contribution in [0, 0.1) is 45.3 Å². The van der Waals surface area contributed by atoms with E-state index < -0.39 is 0 Å². The number of rotatable bonds is 5. The molecule has 0 aromatic rings. The van der Waals surface area contributed by atoms with Gasteiger partial charge in [-0.1, -0.05) is 65.3 Å². The van der Waals surface area contributed by atoms with Gasteiger partial charge in [-0.2, -0.15) is 0 Å². The van der Waals surface area contributed by atoms with E-state index in [4.69, 9.17) is 0 Å². The highest BCUT2D eigenvalue weighted by atomic mass is 16.3. The molecule has 0 amide bonds. The van der Waals surface area contributed by atoms with Crippen molar-refractivity contribution in [3.8, 4) is 0 Å². The Hall–Kier alpha value is -0.600. The summed E-state index contributed by atoms with van der Waals surface area (Å²) in [6.07, 6.45) is 12.7. The summed E-state index contributed by atoms with van der Waals surface area (Å²) in [5.41, 5.74) is 3.65. The van der Waals surface area contributed by atoms with Crippen molar-refractivity contribution in [2.24, 2.45) is 45.3 Å². The molecule has 0 aliphatic heterocycles. The highest BCUT2D eigenvalue weighted by molar-refractivity contribution is 5.32. The summed E-state index contributed by atoms with van der Waals surface area (Å²) in [4.78, 5) is 0. The summed E-state index contributed by atoms with van der Waals surface area (Å²) in [5, 5.41) is 21.1. The Morgan fingerprint density at radius 1 is 1.03 bits per heavy atom. The monoisotopic (exact) mass is 442 g/mol. The maximum atomic E-state index is 10.8. The van der Waals surface area contributed by atoms with Crippen LogP contribution in [0.2, 0.25) is 0 Å². The van der Waals surface area contributed by atoms with Gasteiger partial charge in [0.05, 0.1) is 12.2 Å². The number of hydrogen-bond donors (Lipinski definition) is 2. The molecule has 4 rings (SSSR count). The van der Waals surface area contributed by atoms with Gasteiger partial charge in [-0.3, -0.25) is 0 Å². The predicted octanol–water partition coefficient (Wildman–Crippen LogP) is 7.31. The topological polar surface area (TPSA) is 40.5 Å². The Morgan fingerprint density at radius 3 is 2.38 bits per heavy atom. The molecule has 0 radical (unpaired) electrons. The van der Waals surface area contributed by atoms with Crippen LogP contribution < -0.4 is 0 Å². The van der Waals surface area contributed by atoms with Gasteiger partial charge in [0.25, 0.3) is 0 Å². The second-order valence-electron chi connectivity index (χ2n) is 13.7. The highest BCUT2D eigenvalue weighted by Gasteiger charge is 2.65. The second-order valence-corrected chi connectivity index (χ2v) is 13.7. The molecule has 0 spiro atoms. The zero-order chi connectivity index (χ0) is 23.7. The Balaban J connectivity index is 1.61. The first kappa shape index (κ1) is 24.5. The summed E-state index contributed by atoms with van der Waals surface area (Å²) in [7, 11) is 0. The summed E-state index contributed by atoms with van der Waals surface area (Å²) in [6, 6.07) is 0. The van der Waals surface area contributed by atoms with E-state index >= 15 is 0 Å². The minimum atomic E-state index is -0.351. The van der Waals surface area contributed by atoms with Gasteiger partial charge in [0.1, 0.15) is 0 Å². The van der Waals surface area contributed by atoms with E-state index in [9.17, 15) is 10.2 Å². The molecule has 0 bridgehead atoms. The average Bonchev–Trinajstić information content (AvgIpc) is 3.00. The Kier molecular flexibility index (Phi) is 6.11. The van der Waals surface area contributed by atoms with Crippen molar-refractivity contribution in [3.63, 3.8) is 0 Å². The smallest absolute Gasteiger partial charge is 0.0744 e. The van der Waals surface area contributed by atoms with E-state index in [0.717, 1.165) is 37.2 Å². The molecule has 4 aliphatic rings. The molecule has 32 heavy (non-hydrogen) atoms. The fourth-order valence-corrected chi connectivity index (χ4v) is 9.54. The van der Waals surface area contributed by atoms with Crippen LogP contribution in [0.25, 0.3) is 0 Å². The predicted molar refractivity (Wildman–Crippen MR) is 134 cm³/mol. The molecule has 3 saturated carbocycles. The fourth-order valence-electron chi connectivity index (χ4n) is 9.54. The molecular weight excluding hydrogens is 392 g/mol. The SMILES string of the molecule is C=C(C)[C@H](O)CC[C@@H](C)[C@H]1CC[C@@]2(C)[C@@H]3CC[C@H]4C(C)(C)[C@@H](O)CC[C@]4(C)C3=CC[C@]12C. The minimum Gasteiger partial charge on any atom is -0.393 e. The molecule has 2 heteroatoms. The Morgan fingerprint density at radius 2 is 1.72 bits per heavy atom. The van der Waals surface area contributed by atoms with Crippen molar-refractivity contribution in [1.82, 2.24) is 0 Å². The third kappa shape index (κ3) is 3.33. The van der Waals surface area contributed by atoms with Crippen molar-refractivity contribution in [3.05, 3.63) is 23.8 Å². The molecular formula is C30H50O2. The molecule has 0 aromatic heterocycles. The normalized spacial score (nSPS) is 47.0. The van der Waals surface area contributed by atoms with Crippen LogP contribution in [0.15, 0.2) is 23.8 Å². The van der Waals surface area contributed by atoms with Crippen LogP contribution in [-0.2, 0) is 0 Å². The van der Waals surface area contributed by atoms with E-state index in [1.165, 1.54) is 32.1 Å². The van der Waals surface area contributed by atoms with Crippen molar-refractivity contribution in [2.45, 2.75) is 118 Å². The molecule has 4 aliphatic carbocycles. The largest absolute Gasteiger partial charge is 0.393 e. The first-order valence-electron chi connectivity index (χ1n) is 13.5. The van der Waals surface area contributed by atoms with Gasteiger partial charge in [-0.15, -0.1) is 0 Å². The van der Waals surface area contributed by atoms with E-state index in [2.05, 4.69) is 54.2 Å². The lowest BCUT2D eigenvalue weighted by molar-refractivity contribution is -0.118. The van der Waals surface area contributed by atoms with Crippen molar-refractivity contribution >= 4 is 0 Å². The Labute approximate surface area is 198 Å². The zero-order valence-electron chi connectivity index (χ0n) is 22.0. The quantitative estimate of drug-likeness (QED) is 0.438. The van der Waals surface area contributed by atoms with Gasteiger partial charge in [0.15, 0.2) is 0 Å². The maximum absolute atomic E-state index is 10.8. The van der Waals surface area contributed by atoms with Crippen LogP contribution in [0.4, 0.5) is 0 Å². The van der Waals surface area contributed by atoms with Crippen LogP contribution in [0.5, 0.6) is 0 Å². The first-order chi connectivity index (χ1) is 14.8. The van der Waals surface area contributed by atoms with Gasteiger partial charge >= 0.3 is 0 Å². The van der Waals surface area contributed by atoms with Crippen LogP contribution in [0.1, 0.15) is 106 Å². The van der Waals surface area contributed by atoms with Crippen LogP contribution in [-0.4, -0.2) is 22.4 Å². The van der Waals surface area contributed by atoms with Gasteiger partial charge in [-0.25, -0.2) is 0 Å². The lowest BCUT2D eigenvalue weighted by Crippen LogP contribution is -2.57. The van der Waals surface area contributed by atoms with E-state index in [0.29, 0.717) is 28.6 Å². The number of aliphatic hydroxyl groups is 2. The molecule has 0 aromatic carbocycles. The number of aliphatic hydroxyl groups excluding tert-OH is 2. The van der Waals surface area contributed by atoms with Gasteiger partial charge in [0.2, 0.25) is 0 Å². The lowest BCUT2D eigenvalue weighted by atomic mass is 9.41. The lowest BCUT2D eigenvalue weighted by Gasteiger charge is -2.64. The summed E-state index contributed by atoms with van der Waals surface area (Å²) in [5.74, 6) is 2.67. The molecule has 182 valence electrons. The standard InChI is InChI=1S/C30H50O2/c1-19(2)24(31)11-9-20(3)21-13-17-30(8)23-10-12-25-27(4,5)26(32)15-16-28(25,6)22(23)14-18-29(21,30)7/h14,20-21,23-26,31-32H,1,9-13,15-18H2,2-8H3/t20-,21-,23-,24-,25+,26+,28-,29-,30+/m1/s1. The van der Waals surface area contributed by atoms with Crippen LogP contribution >= 0.6 is 0 Å². The summed E-state index contributed by atoms with van der Waals surface area (Å²) >= 11 is 0. The molecule has 2 N–H and O–H groups in total. The third-order valence-corrected chi connectivity index (χ3v) is 12.0. The first-order valence-corrected chi connectivity index (χ1v) is 13.5. The zero-order valence-corrected chi connectivity index (χ0v) is 22.0. The molecule has 0 heterocycles. The van der Waals surface area contributed by atoms with Crippen molar-refractivity contribution < 1.29 is 10.2 Å².